The van der Waals surface area contributed by atoms with Crippen LogP contribution in [-0.4, -0.2) is 51.2 Å². The summed E-state index contributed by atoms with van der Waals surface area (Å²) in [5, 5.41) is 13.0. The molecule has 2 N–H and O–H groups in total. The normalized spacial score (nSPS) is 16.2. The maximum Gasteiger partial charge on any atom is 0.226 e. The van der Waals surface area contributed by atoms with Gasteiger partial charge in [-0.2, -0.15) is 0 Å². The number of carbonyl (C=O) groups excluding carboxylic acids is 1. The second kappa shape index (κ2) is 10.7. The van der Waals surface area contributed by atoms with Crippen molar-refractivity contribution in [2.24, 2.45) is 0 Å². The topological polar surface area (TPSA) is 102 Å². The largest absolute Gasteiger partial charge is 0.444 e. The number of ether oxygens (including phenoxy) is 1. The van der Waals surface area contributed by atoms with Crippen molar-refractivity contribution in [2.75, 3.05) is 19.7 Å². The molecule has 2 aromatic carbocycles. The van der Waals surface area contributed by atoms with Crippen LogP contribution in [0, 0.1) is 11.8 Å². The lowest BCUT2D eigenvalue weighted by Crippen LogP contribution is -2.43. The van der Waals surface area contributed by atoms with E-state index in [1.807, 2.05) is 41.0 Å². The summed E-state index contributed by atoms with van der Waals surface area (Å²) in [6, 6.07) is 14.9. The third-order valence-corrected chi connectivity index (χ3v) is 5.88. The molecular weight excluding hydrogens is 456 g/mol. The van der Waals surface area contributed by atoms with E-state index in [-0.39, 0.29) is 5.78 Å². The average molecular weight is 483 g/mol. The van der Waals surface area contributed by atoms with E-state index in [1.165, 1.54) is 0 Å². The standard InChI is InChI=1S/C28H26N4O4/c1-19(33)27-30-12-14-32(27)17-24-18-36-28(31-24)23-10-6-21(7-11-23)3-2-20-4-8-22(9-5-20)26(34)25-16-29-13-15-35-25/h4-12,14,18-19,25,29,33H,13,15-17H2,1H3/t19?,25-/m0/s1. The number of oxazole rings is 1. The molecule has 0 amide bonds. The number of aromatic nitrogens is 3. The highest BCUT2D eigenvalue weighted by Crippen LogP contribution is 2.20. The minimum Gasteiger partial charge on any atom is -0.444 e. The molecule has 1 aliphatic heterocycles. The van der Waals surface area contributed by atoms with Crippen LogP contribution < -0.4 is 5.32 Å². The van der Waals surface area contributed by atoms with E-state index in [4.69, 9.17) is 9.15 Å². The van der Waals surface area contributed by atoms with Crippen LogP contribution in [-0.2, 0) is 11.3 Å². The van der Waals surface area contributed by atoms with Crippen LogP contribution in [0.5, 0.6) is 0 Å². The van der Waals surface area contributed by atoms with E-state index in [9.17, 15) is 9.90 Å². The molecule has 4 aromatic rings. The lowest BCUT2D eigenvalue weighted by atomic mass is 10.0. The van der Waals surface area contributed by atoms with E-state index in [0.717, 1.165) is 28.9 Å². The summed E-state index contributed by atoms with van der Waals surface area (Å²) in [6.45, 7) is 4.00. The van der Waals surface area contributed by atoms with Gasteiger partial charge < -0.3 is 24.1 Å². The molecule has 5 rings (SSSR count). The van der Waals surface area contributed by atoms with Crippen LogP contribution in [0.4, 0.5) is 0 Å². The van der Waals surface area contributed by atoms with Crippen LogP contribution in [0.25, 0.3) is 11.5 Å². The number of nitrogens with zero attached hydrogens (tertiary/aromatic N) is 3. The second-order valence-corrected chi connectivity index (χ2v) is 8.57. The number of morpholine rings is 1. The predicted octanol–water partition coefficient (Wildman–Crippen LogP) is 3.21. The highest BCUT2D eigenvalue weighted by Gasteiger charge is 2.22. The monoisotopic (exact) mass is 482 g/mol. The Kier molecular flexibility index (Phi) is 7.05. The van der Waals surface area contributed by atoms with Gasteiger partial charge in [0.05, 0.1) is 18.8 Å². The molecule has 0 aliphatic carbocycles. The number of imidazole rings is 1. The minimum atomic E-state index is -0.658. The number of hydrogen-bond acceptors (Lipinski definition) is 7. The van der Waals surface area contributed by atoms with Crippen molar-refractivity contribution < 1.29 is 19.1 Å². The molecular formula is C28H26N4O4. The number of ketones is 1. The first-order chi connectivity index (χ1) is 17.6. The van der Waals surface area contributed by atoms with Gasteiger partial charge in [-0.05, 0) is 43.3 Å². The van der Waals surface area contributed by atoms with Crippen LogP contribution in [0.1, 0.15) is 46.0 Å². The Morgan fingerprint density at radius 2 is 1.89 bits per heavy atom. The molecule has 3 heterocycles. The summed E-state index contributed by atoms with van der Waals surface area (Å²) in [4.78, 5) is 21.3. The molecule has 0 saturated carbocycles. The first-order valence-corrected chi connectivity index (χ1v) is 11.8. The second-order valence-electron chi connectivity index (χ2n) is 8.57. The summed E-state index contributed by atoms with van der Waals surface area (Å²) >= 11 is 0. The third kappa shape index (κ3) is 5.44. The molecule has 1 saturated heterocycles. The van der Waals surface area contributed by atoms with Crippen molar-refractivity contribution in [1.82, 2.24) is 19.9 Å². The van der Waals surface area contributed by atoms with E-state index in [0.29, 0.717) is 37.0 Å². The van der Waals surface area contributed by atoms with Crippen molar-refractivity contribution in [2.45, 2.75) is 25.7 Å². The van der Waals surface area contributed by atoms with Gasteiger partial charge >= 0.3 is 0 Å². The van der Waals surface area contributed by atoms with Gasteiger partial charge in [0.2, 0.25) is 5.89 Å². The summed E-state index contributed by atoms with van der Waals surface area (Å²) in [6.07, 6.45) is 3.98. The van der Waals surface area contributed by atoms with Crippen LogP contribution >= 0.6 is 0 Å². The molecule has 182 valence electrons. The molecule has 1 fully saturated rings. The SMILES string of the molecule is CC(O)c1nccn1Cc1coc(-c2ccc(C#Cc3ccc(C(=O)[C@@H]4CNCCO4)cc3)cc2)n1. The number of carbonyl (C=O) groups is 1. The van der Waals surface area contributed by atoms with Crippen molar-refractivity contribution in [3.05, 3.63) is 95.4 Å². The zero-order valence-corrected chi connectivity index (χ0v) is 19.8. The predicted molar refractivity (Wildman–Crippen MR) is 133 cm³/mol. The summed E-state index contributed by atoms with van der Waals surface area (Å²) < 4.78 is 13.0. The number of aliphatic hydroxyl groups is 1. The van der Waals surface area contributed by atoms with Crippen LogP contribution in [0.3, 0.4) is 0 Å². The number of benzene rings is 2. The van der Waals surface area contributed by atoms with Crippen molar-refractivity contribution in [1.29, 1.82) is 0 Å². The highest BCUT2D eigenvalue weighted by atomic mass is 16.5. The molecule has 1 aliphatic rings. The maximum absolute atomic E-state index is 12.5. The molecule has 8 nitrogen and oxygen atoms in total. The number of nitrogens with one attached hydrogen (secondary N) is 1. The zero-order chi connectivity index (χ0) is 24.9. The van der Waals surface area contributed by atoms with Crippen LogP contribution in [0.2, 0.25) is 0 Å². The Hall–Kier alpha value is -4.03. The van der Waals surface area contributed by atoms with Gasteiger partial charge in [0, 0.05) is 47.7 Å². The first-order valence-electron chi connectivity index (χ1n) is 11.8. The van der Waals surface area contributed by atoms with Crippen molar-refractivity contribution in [3.63, 3.8) is 0 Å². The van der Waals surface area contributed by atoms with Gasteiger partial charge in [0.1, 0.15) is 24.3 Å². The Morgan fingerprint density at radius 3 is 2.56 bits per heavy atom. The molecule has 0 bridgehead atoms. The minimum absolute atomic E-state index is 0.0135. The Morgan fingerprint density at radius 1 is 1.17 bits per heavy atom. The summed E-state index contributed by atoms with van der Waals surface area (Å²) in [7, 11) is 0. The number of hydrogen-bond donors (Lipinski definition) is 2. The average Bonchev–Trinajstić information content (AvgIpc) is 3.58. The quantitative estimate of drug-likeness (QED) is 0.321. The van der Waals surface area contributed by atoms with Gasteiger partial charge in [0.25, 0.3) is 0 Å². The van der Waals surface area contributed by atoms with Gasteiger partial charge in [0.15, 0.2) is 5.78 Å². The fourth-order valence-electron chi connectivity index (χ4n) is 3.99. The number of rotatable bonds is 6. The number of Topliss-reactive ketones (excluding diaryl/α,β-unsaturated/α-hetero) is 1. The van der Waals surface area contributed by atoms with Crippen molar-refractivity contribution >= 4 is 5.78 Å². The smallest absolute Gasteiger partial charge is 0.226 e. The van der Waals surface area contributed by atoms with E-state index < -0.39 is 12.2 Å². The summed E-state index contributed by atoms with van der Waals surface area (Å²) in [5.41, 5.74) is 3.88. The van der Waals surface area contributed by atoms with Gasteiger partial charge in [-0.15, -0.1) is 0 Å². The molecule has 0 spiro atoms. The molecule has 2 atom stereocenters. The Bertz CT molecular complexity index is 1390. The lowest BCUT2D eigenvalue weighted by Gasteiger charge is -2.22. The number of aliphatic hydroxyl groups excluding tert-OH is 1. The van der Waals surface area contributed by atoms with Gasteiger partial charge in [-0.1, -0.05) is 24.0 Å². The Labute approximate surface area is 209 Å². The Balaban J connectivity index is 1.22. The third-order valence-electron chi connectivity index (χ3n) is 5.88. The molecule has 0 radical (unpaired) electrons. The fraction of sp³-hybridized carbons (Fsp3) is 0.250. The molecule has 2 aromatic heterocycles. The maximum atomic E-state index is 12.5. The lowest BCUT2D eigenvalue weighted by molar-refractivity contribution is 0.0269. The van der Waals surface area contributed by atoms with E-state index in [1.54, 1.807) is 37.7 Å². The van der Waals surface area contributed by atoms with Crippen molar-refractivity contribution in [3.8, 4) is 23.3 Å². The van der Waals surface area contributed by atoms with Gasteiger partial charge in [-0.25, -0.2) is 9.97 Å². The van der Waals surface area contributed by atoms with E-state index >= 15 is 0 Å². The van der Waals surface area contributed by atoms with E-state index in [2.05, 4.69) is 27.1 Å². The highest BCUT2D eigenvalue weighted by molar-refractivity contribution is 5.99. The molecule has 8 heteroatoms. The summed E-state index contributed by atoms with van der Waals surface area (Å²) in [5.74, 6) is 7.37. The first kappa shape index (κ1) is 23.7. The molecule has 36 heavy (non-hydrogen) atoms. The zero-order valence-electron chi connectivity index (χ0n) is 19.8. The van der Waals surface area contributed by atoms with Gasteiger partial charge in [-0.3, -0.25) is 4.79 Å². The van der Waals surface area contributed by atoms with Crippen LogP contribution in [0.15, 0.2) is 71.6 Å². The fourth-order valence-corrected chi connectivity index (χ4v) is 3.99. The molecule has 1 unspecified atom stereocenters.